The molecule has 0 amide bonds. The average molecular weight is 224 g/mol. The van der Waals surface area contributed by atoms with Crippen LogP contribution in [0.1, 0.15) is 26.7 Å². The van der Waals surface area contributed by atoms with Crippen molar-refractivity contribution in [3.8, 4) is 0 Å². The molecule has 1 spiro atoms. The molecule has 2 fully saturated rings. The van der Waals surface area contributed by atoms with Gasteiger partial charge in [-0.3, -0.25) is 4.79 Å². The summed E-state index contributed by atoms with van der Waals surface area (Å²) in [6, 6.07) is 0. The molecule has 0 saturated carbocycles. The molecule has 1 unspecified atom stereocenters. The lowest BCUT2D eigenvalue weighted by atomic mass is 9.65. The van der Waals surface area contributed by atoms with Gasteiger partial charge in [0.2, 0.25) is 0 Å². The third-order valence-corrected chi connectivity index (χ3v) is 4.11. The zero-order valence-corrected chi connectivity index (χ0v) is 9.47. The minimum absolute atomic E-state index is 0.0857. The molecule has 5 atom stereocenters. The van der Waals surface area contributed by atoms with Crippen molar-refractivity contribution in [1.29, 1.82) is 0 Å². The zero-order chi connectivity index (χ0) is 11.6. The summed E-state index contributed by atoms with van der Waals surface area (Å²) in [5.41, 5.74) is -0.655. The number of hydrogen-bond acceptors (Lipinski definition) is 4. The van der Waals surface area contributed by atoms with Crippen molar-refractivity contribution < 1.29 is 19.4 Å². The number of aliphatic hydroxyl groups is 1. The molecule has 1 aliphatic carbocycles. The van der Waals surface area contributed by atoms with E-state index in [9.17, 15) is 9.90 Å². The van der Waals surface area contributed by atoms with E-state index in [2.05, 4.69) is 0 Å². The highest BCUT2D eigenvalue weighted by atomic mass is 16.6. The Hall–Kier alpha value is -0.870. The van der Waals surface area contributed by atoms with Crippen LogP contribution in [0.3, 0.4) is 0 Å². The average Bonchev–Trinajstić information content (AvgIpc) is 2.58. The molecule has 0 radical (unpaired) electrons. The van der Waals surface area contributed by atoms with Gasteiger partial charge in [0.05, 0.1) is 6.10 Å². The second kappa shape index (κ2) is 2.87. The predicted molar refractivity (Wildman–Crippen MR) is 55.3 cm³/mol. The molecule has 0 bridgehead atoms. The van der Waals surface area contributed by atoms with Gasteiger partial charge in [-0.05, 0) is 20.3 Å². The summed E-state index contributed by atoms with van der Waals surface area (Å²) in [6.07, 6.45) is 4.65. The van der Waals surface area contributed by atoms with Gasteiger partial charge in [-0.1, -0.05) is 12.2 Å². The number of allylic oxidation sites excluding steroid dienone is 1. The summed E-state index contributed by atoms with van der Waals surface area (Å²) in [4.78, 5) is 12.1. The molecule has 2 saturated heterocycles. The van der Waals surface area contributed by atoms with E-state index in [0.29, 0.717) is 6.42 Å². The van der Waals surface area contributed by atoms with Crippen LogP contribution in [0.4, 0.5) is 0 Å². The van der Waals surface area contributed by atoms with E-state index in [1.54, 1.807) is 6.92 Å². The highest BCUT2D eigenvalue weighted by Gasteiger charge is 2.67. The number of ether oxygens (including phenoxy) is 2. The van der Waals surface area contributed by atoms with Gasteiger partial charge in [0.25, 0.3) is 0 Å². The van der Waals surface area contributed by atoms with Crippen LogP contribution in [0.25, 0.3) is 0 Å². The molecule has 2 aliphatic heterocycles. The lowest BCUT2D eigenvalue weighted by molar-refractivity contribution is -0.170. The predicted octanol–water partition coefficient (Wildman–Crippen LogP) is 0.992. The summed E-state index contributed by atoms with van der Waals surface area (Å²) in [7, 11) is 0. The Morgan fingerprint density at radius 1 is 1.56 bits per heavy atom. The second-order valence-electron chi connectivity index (χ2n) is 5.31. The van der Waals surface area contributed by atoms with E-state index >= 15 is 0 Å². The number of rotatable bonds is 0. The third kappa shape index (κ3) is 1.09. The highest BCUT2D eigenvalue weighted by Crippen LogP contribution is 2.57. The third-order valence-electron chi connectivity index (χ3n) is 4.11. The van der Waals surface area contributed by atoms with E-state index in [4.69, 9.17) is 9.47 Å². The first-order chi connectivity index (χ1) is 7.46. The van der Waals surface area contributed by atoms with Gasteiger partial charge in [0.15, 0.2) is 5.79 Å². The Bertz CT molecular complexity index is 373. The van der Waals surface area contributed by atoms with Crippen LogP contribution >= 0.6 is 0 Å². The molecular formula is C12H16O4. The van der Waals surface area contributed by atoms with Crippen LogP contribution in [-0.2, 0) is 14.3 Å². The molecule has 16 heavy (non-hydrogen) atoms. The smallest absolute Gasteiger partial charge is 0.315 e. The fourth-order valence-electron chi connectivity index (χ4n) is 3.49. The normalized spacial score (nSPS) is 54.7. The van der Waals surface area contributed by atoms with Gasteiger partial charge < -0.3 is 14.6 Å². The first kappa shape index (κ1) is 10.3. The standard InChI is InChI=1S/C12H16O4/c1-7-8-4-3-5-9-12(8,10(13)15-7)6-11(2,14)16-9/h3,5,7-9,14H,4,6H2,1-2H3/t7-,8+,9-,11?,12-/m1/s1. The van der Waals surface area contributed by atoms with Crippen molar-refractivity contribution in [2.24, 2.45) is 11.3 Å². The monoisotopic (exact) mass is 224 g/mol. The maximum absolute atomic E-state index is 12.1. The van der Waals surface area contributed by atoms with E-state index in [1.807, 2.05) is 19.1 Å². The van der Waals surface area contributed by atoms with Gasteiger partial charge >= 0.3 is 5.97 Å². The molecule has 0 aromatic carbocycles. The van der Waals surface area contributed by atoms with E-state index in [1.165, 1.54) is 0 Å². The minimum Gasteiger partial charge on any atom is -0.462 e. The van der Waals surface area contributed by atoms with Gasteiger partial charge in [-0.2, -0.15) is 0 Å². The molecule has 3 aliphatic rings. The number of carbonyl (C=O) groups is 1. The SMILES string of the molecule is C[C@H]1OC(=O)[C@@]23CC(C)(O)O[C@@H]2C=CC[C@@H]13. The number of hydrogen-bond donors (Lipinski definition) is 1. The quantitative estimate of drug-likeness (QED) is 0.492. The first-order valence-corrected chi connectivity index (χ1v) is 5.74. The molecule has 88 valence electrons. The van der Waals surface area contributed by atoms with Crippen molar-refractivity contribution in [1.82, 2.24) is 0 Å². The van der Waals surface area contributed by atoms with E-state index in [-0.39, 0.29) is 24.1 Å². The Labute approximate surface area is 94.2 Å². The second-order valence-corrected chi connectivity index (χ2v) is 5.31. The van der Waals surface area contributed by atoms with Gasteiger partial charge in [-0.15, -0.1) is 0 Å². The molecule has 0 aromatic heterocycles. The lowest BCUT2D eigenvalue weighted by Crippen LogP contribution is -2.42. The summed E-state index contributed by atoms with van der Waals surface area (Å²) in [6.45, 7) is 3.53. The summed E-state index contributed by atoms with van der Waals surface area (Å²) in [5, 5.41) is 10.0. The van der Waals surface area contributed by atoms with Crippen molar-refractivity contribution in [3.63, 3.8) is 0 Å². The van der Waals surface area contributed by atoms with Gasteiger partial charge in [0.1, 0.15) is 11.5 Å². The van der Waals surface area contributed by atoms with E-state index in [0.717, 1.165) is 6.42 Å². The largest absolute Gasteiger partial charge is 0.462 e. The number of cyclic esters (lactones) is 1. The number of esters is 1. The Kier molecular flexibility index (Phi) is 1.85. The molecule has 0 aromatic rings. The van der Waals surface area contributed by atoms with Crippen molar-refractivity contribution in [3.05, 3.63) is 12.2 Å². The van der Waals surface area contributed by atoms with Crippen LogP contribution in [0, 0.1) is 11.3 Å². The molecular weight excluding hydrogens is 208 g/mol. The maximum Gasteiger partial charge on any atom is 0.315 e. The van der Waals surface area contributed by atoms with Crippen molar-refractivity contribution >= 4 is 5.97 Å². The fraction of sp³-hybridized carbons (Fsp3) is 0.750. The summed E-state index contributed by atoms with van der Waals surface area (Å²) < 4.78 is 10.9. The Morgan fingerprint density at radius 2 is 2.31 bits per heavy atom. The highest BCUT2D eigenvalue weighted by molar-refractivity contribution is 5.82. The minimum atomic E-state index is -1.22. The van der Waals surface area contributed by atoms with Crippen LogP contribution in [0.5, 0.6) is 0 Å². The Balaban J connectivity index is 2.09. The summed E-state index contributed by atoms with van der Waals surface area (Å²) >= 11 is 0. The maximum atomic E-state index is 12.1. The molecule has 3 rings (SSSR count). The van der Waals surface area contributed by atoms with Crippen LogP contribution in [0.15, 0.2) is 12.2 Å². The van der Waals surface area contributed by atoms with Crippen LogP contribution in [-0.4, -0.2) is 29.1 Å². The molecule has 4 heteroatoms. The zero-order valence-electron chi connectivity index (χ0n) is 9.47. The van der Waals surface area contributed by atoms with Gasteiger partial charge in [-0.25, -0.2) is 0 Å². The molecule has 2 heterocycles. The van der Waals surface area contributed by atoms with Crippen LogP contribution < -0.4 is 0 Å². The van der Waals surface area contributed by atoms with Crippen molar-refractivity contribution in [2.75, 3.05) is 0 Å². The van der Waals surface area contributed by atoms with Crippen LogP contribution in [0.2, 0.25) is 0 Å². The fourth-order valence-corrected chi connectivity index (χ4v) is 3.49. The molecule has 4 nitrogen and oxygen atoms in total. The van der Waals surface area contributed by atoms with Gasteiger partial charge in [0, 0.05) is 12.3 Å². The van der Waals surface area contributed by atoms with E-state index < -0.39 is 11.2 Å². The summed E-state index contributed by atoms with van der Waals surface area (Å²) in [5.74, 6) is -1.30. The Morgan fingerprint density at radius 3 is 3.06 bits per heavy atom. The first-order valence-electron chi connectivity index (χ1n) is 5.74. The van der Waals surface area contributed by atoms with Crippen molar-refractivity contribution in [2.45, 2.75) is 44.7 Å². The number of carbonyl (C=O) groups excluding carboxylic acids is 1. The topological polar surface area (TPSA) is 55.8 Å². The lowest BCUT2D eigenvalue weighted by Gasteiger charge is -2.32. The molecule has 1 N–H and O–H groups in total.